The third-order valence-electron chi connectivity index (χ3n) is 4.21. The molecule has 1 aromatic rings. The summed E-state index contributed by atoms with van der Waals surface area (Å²) in [6.07, 6.45) is -3.89. The lowest BCUT2D eigenvalue weighted by atomic mass is 10.1. The summed E-state index contributed by atoms with van der Waals surface area (Å²) in [7, 11) is 0. The van der Waals surface area contributed by atoms with Crippen molar-refractivity contribution in [2.75, 3.05) is 6.61 Å². The number of esters is 3. The quantitative estimate of drug-likeness (QED) is 0.316. The van der Waals surface area contributed by atoms with Crippen LogP contribution in [-0.4, -0.2) is 58.2 Å². The normalized spacial score (nSPS) is 22.7. The molecule has 0 bridgehead atoms. The van der Waals surface area contributed by atoms with Gasteiger partial charge in [-0.1, -0.05) is 13.8 Å². The summed E-state index contributed by atoms with van der Waals surface area (Å²) in [5.74, 6) is -3.37. The molecular formula is C19H24N2O10. The van der Waals surface area contributed by atoms with E-state index in [4.69, 9.17) is 18.9 Å². The third-order valence-corrected chi connectivity index (χ3v) is 4.21. The van der Waals surface area contributed by atoms with Gasteiger partial charge in [0.25, 0.3) is 5.56 Å². The number of rotatable bonds is 8. The van der Waals surface area contributed by atoms with Crippen LogP contribution in [0.25, 0.3) is 0 Å². The Morgan fingerprint density at radius 3 is 2.26 bits per heavy atom. The molecule has 31 heavy (non-hydrogen) atoms. The van der Waals surface area contributed by atoms with Crippen molar-refractivity contribution in [3.05, 3.63) is 33.1 Å². The zero-order chi connectivity index (χ0) is 23.3. The number of ether oxygens (including phenoxy) is 4. The van der Waals surface area contributed by atoms with Gasteiger partial charge in [0, 0.05) is 32.5 Å². The molecule has 0 radical (unpaired) electrons. The molecule has 1 aromatic heterocycles. The van der Waals surface area contributed by atoms with Crippen molar-refractivity contribution in [2.45, 2.75) is 58.7 Å². The molecule has 0 amide bonds. The SMILES string of the molecule is CC(=O)OC1C(COC(=O)C(=O)CC(C)C)OC(n2ccc(=O)[nH]c2=O)C1OC(C)=O. The summed E-state index contributed by atoms with van der Waals surface area (Å²) in [4.78, 5) is 72.6. The average molecular weight is 440 g/mol. The second kappa shape index (κ2) is 10.2. The lowest BCUT2D eigenvalue weighted by molar-refractivity contribution is -0.167. The molecule has 4 unspecified atom stereocenters. The average Bonchev–Trinajstić information content (AvgIpc) is 2.95. The van der Waals surface area contributed by atoms with Gasteiger partial charge in [-0.2, -0.15) is 0 Å². The third kappa shape index (κ3) is 6.35. The van der Waals surface area contributed by atoms with E-state index >= 15 is 0 Å². The second-order valence-electron chi connectivity index (χ2n) is 7.35. The van der Waals surface area contributed by atoms with Gasteiger partial charge < -0.3 is 18.9 Å². The van der Waals surface area contributed by atoms with Crippen LogP contribution < -0.4 is 11.2 Å². The number of carbonyl (C=O) groups excluding carboxylic acids is 4. The Morgan fingerprint density at radius 1 is 1.10 bits per heavy atom. The zero-order valence-corrected chi connectivity index (χ0v) is 17.5. The van der Waals surface area contributed by atoms with Crippen molar-refractivity contribution in [3.8, 4) is 0 Å². The van der Waals surface area contributed by atoms with Gasteiger partial charge in [-0.05, 0) is 5.92 Å². The van der Waals surface area contributed by atoms with E-state index in [1.807, 2.05) is 4.98 Å². The maximum atomic E-state index is 12.2. The highest BCUT2D eigenvalue weighted by molar-refractivity contribution is 6.33. The fourth-order valence-electron chi connectivity index (χ4n) is 3.04. The largest absolute Gasteiger partial charge is 0.457 e. The van der Waals surface area contributed by atoms with Crippen LogP contribution in [-0.2, 0) is 38.1 Å². The fraction of sp³-hybridized carbons (Fsp3) is 0.579. The minimum absolute atomic E-state index is 0.0107. The molecule has 0 aromatic carbocycles. The molecule has 0 saturated carbocycles. The van der Waals surface area contributed by atoms with E-state index < -0.39 is 66.1 Å². The van der Waals surface area contributed by atoms with Crippen LogP contribution in [0, 0.1) is 5.92 Å². The van der Waals surface area contributed by atoms with Crippen LogP contribution in [0.15, 0.2) is 21.9 Å². The predicted octanol–water partition coefficient (Wildman–Crippen LogP) is -0.544. The molecule has 4 atom stereocenters. The number of hydrogen-bond acceptors (Lipinski definition) is 10. The number of Topliss-reactive ketones (excluding diaryl/α,β-unsaturated/α-hetero) is 1. The van der Waals surface area contributed by atoms with Crippen molar-refractivity contribution < 1.29 is 38.1 Å². The number of ketones is 1. The first-order valence-electron chi connectivity index (χ1n) is 9.51. The predicted molar refractivity (Wildman–Crippen MR) is 102 cm³/mol. The summed E-state index contributed by atoms with van der Waals surface area (Å²) in [6.45, 7) is 5.23. The van der Waals surface area contributed by atoms with Crippen LogP contribution >= 0.6 is 0 Å². The zero-order valence-electron chi connectivity index (χ0n) is 17.5. The van der Waals surface area contributed by atoms with Gasteiger partial charge in [0.15, 0.2) is 18.4 Å². The Bertz CT molecular complexity index is 963. The Kier molecular flexibility index (Phi) is 7.86. The Hall–Kier alpha value is -3.28. The standard InChI is InChI=1S/C19H24N2O10/c1-9(2)7-12(24)18(26)28-8-13-15(29-10(3)22)16(30-11(4)23)17(31-13)21-6-5-14(25)20-19(21)27/h5-6,9,13,15-17H,7-8H2,1-4H3,(H,20,25,27). The number of nitrogens with one attached hydrogen (secondary N) is 1. The van der Waals surface area contributed by atoms with Crippen molar-refractivity contribution in [3.63, 3.8) is 0 Å². The molecule has 1 N–H and O–H groups in total. The van der Waals surface area contributed by atoms with Crippen LogP contribution in [0.4, 0.5) is 0 Å². The van der Waals surface area contributed by atoms with E-state index in [0.717, 1.165) is 30.7 Å². The van der Waals surface area contributed by atoms with E-state index in [9.17, 15) is 28.8 Å². The van der Waals surface area contributed by atoms with E-state index in [-0.39, 0.29) is 12.3 Å². The number of aromatic amines is 1. The van der Waals surface area contributed by atoms with E-state index in [1.54, 1.807) is 13.8 Å². The van der Waals surface area contributed by atoms with Gasteiger partial charge in [0.05, 0.1) is 0 Å². The van der Waals surface area contributed by atoms with Gasteiger partial charge in [-0.3, -0.25) is 28.7 Å². The topological polar surface area (TPSA) is 160 Å². The van der Waals surface area contributed by atoms with Gasteiger partial charge >= 0.3 is 23.6 Å². The van der Waals surface area contributed by atoms with Crippen molar-refractivity contribution >= 4 is 23.7 Å². The molecule has 12 heteroatoms. The maximum absolute atomic E-state index is 12.2. The van der Waals surface area contributed by atoms with E-state index in [0.29, 0.717) is 0 Å². The summed E-state index contributed by atoms with van der Waals surface area (Å²) in [5, 5.41) is 0. The van der Waals surface area contributed by atoms with Gasteiger partial charge in [0.1, 0.15) is 12.7 Å². The smallest absolute Gasteiger partial charge is 0.374 e. The number of hydrogen-bond donors (Lipinski definition) is 1. The second-order valence-corrected chi connectivity index (χ2v) is 7.35. The minimum Gasteiger partial charge on any atom is -0.457 e. The molecule has 0 spiro atoms. The molecule has 0 aliphatic carbocycles. The first-order chi connectivity index (χ1) is 14.5. The van der Waals surface area contributed by atoms with Gasteiger partial charge in [-0.15, -0.1) is 0 Å². The summed E-state index contributed by atoms with van der Waals surface area (Å²) < 4.78 is 22.1. The highest BCUT2D eigenvalue weighted by atomic mass is 16.7. The van der Waals surface area contributed by atoms with Crippen LogP contribution in [0.5, 0.6) is 0 Å². The van der Waals surface area contributed by atoms with Crippen LogP contribution in [0.2, 0.25) is 0 Å². The molecule has 170 valence electrons. The minimum atomic E-state index is -1.30. The number of H-pyrrole nitrogens is 1. The van der Waals surface area contributed by atoms with E-state index in [2.05, 4.69) is 0 Å². The summed E-state index contributed by atoms with van der Waals surface area (Å²) >= 11 is 0. The van der Waals surface area contributed by atoms with Gasteiger partial charge in [-0.25, -0.2) is 9.59 Å². The number of aromatic nitrogens is 2. The molecular weight excluding hydrogens is 416 g/mol. The monoisotopic (exact) mass is 440 g/mol. The highest BCUT2D eigenvalue weighted by Crippen LogP contribution is 2.33. The number of nitrogens with zero attached hydrogens (tertiary/aromatic N) is 1. The lowest BCUT2D eigenvalue weighted by Gasteiger charge is -2.23. The molecule has 1 aliphatic heterocycles. The first-order valence-corrected chi connectivity index (χ1v) is 9.51. The summed E-state index contributed by atoms with van der Waals surface area (Å²) in [5.41, 5.74) is -1.52. The summed E-state index contributed by atoms with van der Waals surface area (Å²) in [6, 6.07) is 1.05. The lowest BCUT2D eigenvalue weighted by Crippen LogP contribution is -2.42. The fourth-order valence-corrected chi connectivity index (χ4v) is 3.04. The molecule has 2 heterocycles. The molecule has 12 nitrogen and oxygen atoms in total. The van der Waals surface area contributed by atoms with Crippen LogP contribution in [0.3, 0.4) is 0 Å². The van der Waals surface area contributed by atoms with E-state index in [1.165, 1.54) is 0 Å². The molecule has 1 saturated heterocycles. The van der Waals surface area contributed by atoms with Gasteiger partial charge in [0.2, 0.25) is 5.78 Å². The Labute approximate surface area is 176 Å². The molecule has 2 rings (SSSR count). The maximum Gasteiger partial charge on any atom is 0.374 e. The van der Waals surface area contributed by atoms with Crippen molar-refractivity contribution in [1.29, 1.82) is 0 Å². The molecule has 1 fully saturated rings. The van der Waals surface area contributed by atoms with Crippen LogP contribution in [0.1, 0.15) is 40.3 Å². The first kappa shape index (κ1) is 24.0. The van der Waals surface area contributed by atoms with Crippen molar-refractivity contribution in [1.82, 2.24) is 9.55 Å². The Morgan fingerprint density at radius 2 is 1.71 bits per heavy atom. The molecule has 1 aliphatic rings. The Balaban J connectivity index is 2.31. The number of carbonyl (C=O) groups is 4. The van der Waals surface area contributed by atoms with Crippen molar-refractivity contribution in [2.24, 2.45) is 5.92 Å². The highest BCUT2D eigenvalue weighted by Gasteiger charge is 2.51.